The Morgan fingerprint density at radius 3 is 2.56 bits per heavy atom. The zero-order chi connectivity index (χ0) is 25.0. The summed E-state index contributed by atoms with van der Waals surface area (Å²) < 4.78 is 41.9. The SMILES string of the molecule is O=S1(=O)CCC(=NCc2cc(N3CCOCC3)nc(OCCN3CCOCC3)n2)c2cc(Cl)ccc21. The third kappa shape index (κ3) is 6.15. The molecule has 0 bridgehead atoms. The summed E-state index contributed by atoms with van der Waals surface area (Å²) in [6.45, 7) is 7.55. The third-order valence-corrected chi connectivity index (χ3v) is 8.45. The fraction of sp³-hybridized carbons (Fsp3) is 0.542. The number of benzene rings is 1. The summed E-state index contributed by atoms with van der Waals surface area (Å²) in [5.41, 5.74) is 1.99. The standard InChI is InChI=1S/C24H30ClN5O5S/c25-18-1-2-22-20(15-18)21(3-14-36(22,31)32)26-17-19-16-23(30-7-11-34-12-8-30)28-24(27-19)35-13-6-29-4-9-33-10-5-29/h1-2,15-16H,3-14,17H2. The van der Waals surface area contributed by atoms with E-state index in [2.05, 4.69) is 19.8 Å². The predicted octanol–water partition coefficient (Wildman–Crippen LogP) is 1.84. The van der Waals surface area contributed by atoms with Crippen LogP contribution < -0.4 is 9.64 Å². The molecule has 0 radical (unpaired) electrons. The van der Waals surface area contributed by atoms with Crippen LogP contribution in [-0.4, -0.2) is 101 Å². The van der Waals surface area contributed by atoms with Gasteiger partial charge < -0.3 is 19.1 Å². The summed E-state index contributed by atoms with van der Waals surface area (Å²) in [4.78, 5) is 18.7. The van der Waals surface area contributed by atoms with Crippen LogP contribution in [0.5, 0.6) is 6.01 Å². The van der Waals surface area contributed by atoms with E-state index in [4.69, 9.17) is 30.8 Å². The highest BCUT2D eigenvalue weighted by Crippen LogP contribution is 2.28. The van der Waals surface area contributed by atoms with Gasteiger partial charge in [-0.25, -0.2) is 8.42 Å². The maximum Gasteiger partial charge on any atom is 0.318 e. The Morgan fingerprint density at radius 2 is 1.78 bits per heavy atom. The first kappa shape index (κ1) is 25.3. The van der Waals surface area contributed by atoms with Crippen LogP contribution in [0, 0.1) is 0 Å². The molecule has 0 aliphatic carbocycles. The highest BCUT2D eigenvalue weighted by atomic mass is 35.5. The van der Waals surface area contributed by atoms with E-state index in [0.29, 0.717) is 54.2 Å². The molecule has 2 saturated heterocycles. The van der Waals surface area contributed by atoms with Gasteiger partial charge in [-0.2, -0.15) is 9.97 Å². The average molecular weight is 536 g/mol. The van der Waals surface area contributed by atoms with Gasteiger partial charge in [0.1, 0.15) is 12.4 Å². The van der Waals surface area contributed by atoms with Gasteiger partial charge in [0.2, 0.25) is 0 Å². The van der Waals surface area contributed by atoms with Crippen molar-refractivity contribution in [1.82, 2.24) is 14.9 Å². The molecule has 0 unspecified atom stereocenters. The summed E-state index contributed by atoms with van der Waals surface area (Å²) in [5.74, 6) is 0.804. The molecule has 3 aliphatic heterocycles. The van der Waals surface area contributed by atoms with E-state index in [0.717, 1.165) is 51.8 Å². The number of sulfone groups is 1. The maximum atomic E-state index is 12.5. The number of morpholine rings is 2. The lowest BCUT2D eigenvalue weighted by Gasteiger charge is -2.28. The number of rotatable bonds is 7. The second-order valence-corrected chi connectivity index (χ2v) is 11.4. The second-order valence-electron chi connectivity index (χ2n) is 8.87. The minimum atomic E-state index is -3.34. The van der Waals surface area contributed by atoms with Gasteiger partial charge in [-0.05, 0) is 18.2 Å². The monoisotopic (exact) mass is 535 g/mol. The van der Waals surface area contributed by atoms with Crippen molar-refractivity contribution >= 4 is 33.0 Å². The molecule has 12 heteroatoms. The molecule has 5 rings (SSSR count). The molecule has 0 N–H and O–H groups in total. The highest BCUT2D eigenvalue weighted by Gasteiger charge is 2.27. The molecule has 1 aromatic heterocycles. The van der Waals surface area contributed by atoms with E-state index in [9.17, 15) is 8.42 Å². The number of ether oxygens (including phenoxy) is 3. The summed E-state index contributed by atoms with van der Waals surface area (Å²) in [5, 5.41) is 0.478. The van der Waals surface area contributed by atoms with E-state index in [1.165, 1.54) is 0 Å². The molecule has 0 amide bonds. The zero-order valence-corrected chi connectivity index (χ0v) is 21.6. The maximum absolute atomic E-state index is 12.5. The summed E-state index contributed by atoms with van der Waals surface area (Å²) in [6, 6.07) is 7.06. The van der Waals surface area contributed by atoms with Gasteiger partial charge in [0, 0.05) is 61.5 Å². The first-order valence-corrected chi connectivity index (χ1v) is 14.2. The topological polar surface area (TPSA) is 106 Å². The summed E-state index contributed by atoms with van der Waals surface area (Å²) in [6.07, 6.45) is 0.333. The number of aromatic nitrogens is 2. The molecule has 0 spiro atoms. The van der Waals surface area contributed by atoms with Crippen molar-refractivity contribution in [2.24, 2.45) is 4.99 Å². The molecule has 2 aromatic rings. The van der Waals surface area contributed by atoms with Crippen LogP contribution in [0.2, 0.25) is 5.02 Å². The van der Waals surface area contributed by atoms with Crippen molar-refractivity contribution in [1.29, 1.82) is 0 Å². The van der Waals surface area contributed by atoms with Crippen LogP contribution in [0.25, 0.3) is 0 Å². The molecule has 0 saturated carbocycles. The lowest BCUT2D eigenvalue weighted by molar-refractivity contribution is 0.0317. The number of halogens is 1. The fourth-order valence-corrected chi connectivity index (χ4v) is 6.11. The van der Waals surface area contributed by atoms with Crippen molar-refractivity contribution in [3.8, 4) is 6.01 Å². The van der Waals surface area contributed by atoms with Crippen molar-refractivity contribution in [2.75, 3.05) is 76.4 Å². The molecule has 4 heterocycles. The lowest BCUT2D eigenvalue weighted by atomic mass is 10.1. The number of fused-ring (bicyclic) bond motifs is 1. The minimum Gasteiger partial charge on any atom is -0.462 e. The van der Waals surface area contributed by atoms with Gasteiger partial charge in [0.25, 0.3) is 0 Å². The first-order chi connectivity index (χ1) is 17.5. The number of anilines is 1. The summed E-state index contributed by atoms with van der Waals surface area (Å²) >= 11 is 6.17. The van der Waals surface area contributed by atoms with E-state index >= 15 is 0 Å². The van der Waals surface area contributed by atoms with E-state index in [1.807, 2.05) is 6.07 Å². The van der Waals surface area contributed by atoms with Crippen molar-refractivity contribution < 1.29 is 22.6 Å². The molecule has 0 atom stereocenters. The smallest absolute Gasteiger partial charge is 0.318 e. The van der Waals surface area contributed by atoms with Crippen LogP contribution in [0.1, 0.15) is 17.7 Å². The van der Waals surface area contributed by atoms with E-state index in [1.54, 1.807) is 18.2 Å². The second kappa shape index (κ2) is 11.4. The molecule has 2 fully saturated rings. The van der Waals surface area contributed by atoms with Gasteiger partial charge in [0.05, 0.1) is 49.3 Å². The Labute approximate surface area is 216 Å². The molecule has 194 valence electrons. The van der Waals surface area contributed by atoms with Gasteiger partial charge in [-0.1, -0.05) is 11.6 Å². The largest absolute Gasteiger partial charge is 0.462 e. The Bertz CT molecular complexity index is 1210. The Kier molecular flexibility index (Phi) is 8.02. The van der Waals surface area contributed by atoms with Gasteiger partial charge in [-0.3, -0.25) is 9.89 Å². The van der Waals surface area contributed by atoms with Crippen molar-refractivity contribution in [3.05, 3.63) is 40.5 Å². The number of hydrogen-bond acceptors (Lipinski definition) is 10. The molecule has 10 nitrogen and oxygen atoms in total. The first-order valence-electron chi connectivity index (χ1n) is 12.2. The predicted molar refractivity (Wildman–Crippen MR) is 136 cm³/mol. The number of aliphatic imine (C=N–C) groups is 1. The lowest BCUT2D eigenvalue weighted by Crippen LogP contribution is -2.39. The Hall–Kier alpha value is -2.31. The molecular weight excluding hydrogens is 506 g/mol. The Morgan fingerprint density at radius 1 is 1.03 bits per heavy atom. The van der Waals surface area contributed by atoms with Crippen LogP contribution in [-0.2, 0) is 25.9 Å². The van der Waals surface area contributed by atoms with Crippen LogP contribution in [0.4, 0.5) is 5.82 Å². The molecule has 1 aromatic carbocycles. The number of hydrogen-bond donors (Lipinski definition) is 0. The van der Waals surface area contributed by atoms with Gasteiger partial charge in [-0.15, -0.1) is 0 Å². The quantitative estimate of drug-likeness (QED) is 0.525. The minimum absolute atomic E-state index is 0.0270. The van der Waals surface area contributed by atoms with Crippen LogP contribution in [0.15, 0.2) is 34.2 Å². The Balaban J connectivity index is 1.36. The van der Waals surface area contributed by atoms with Crippen molar-refractivity contribution in [3.63, 3.8) is 0 Å². The highest BCUT2D eigenvalue weighted by molar-refractivity contribution is 7.91. The van der Waals surface area contributed by atoms with Gasteiger partial charge in [0.15, 0.2) is 9.84 Å². The van der Waals surface area contributed by atoms with Crippen LogP contribution in [0.3, 0.4) is 0 Å². The molecule has 3 aliphatic rings. The van der Waals surface area contributed by atoms with E-state index in [-0.39, 0.29) is 17.2 Å². The van der Waals surface area contributed by atoms with E-state index < -0.39 is 9.84 Å². The van der Waals surface area contributed by atoms with Gasteiger partial charge >= 0.3 is 6.01 Å². The van der Waals surface area contributed by atoms with Crippen LogP contribution >= 0.6 is 11.6 Å². The van der Waals surface area contributed by atoms with Crippen molar-refractivity contribution in [2.45, 2.75) is 17.9 Å². The zero-order valence-electron chi connectivity index (χ0n) is 20.1. The average Bonchev–Trinajstić information content (AvgIpc) is 2.89. The summed E-state index contributed by atoms with van der Waals surface area (Å²) in [7, 11) is -3.34. The molecule has 36 heavy (non-hydrogen) atoms. The third-order valence-electron chi connectivity index (χ3n) is 6.45. The fourth-order valence-electron chi connectivity index (χ4n) is 4.47. The molecular formula is C24H30ClN5O5S. The normalized spacial score (nSPS) is 21.4. The number of nitrogens with zero attached hydrogens (tertiary/aromatic N) is 5.